The van der Waals surface area contributed by atoms with E-state index in [1.54, 1.807) is 0 Å². The van der Waals surface area contributed by atoms with Crippen LogP contribution < -0.4 is 0 Å². The molecule has 1 fully saturated rings. The summed E-state index contributed by atoms with van der Waals surface area (Å²) in [4.78, 5) is 2.35. The van der Waals surface area contributed by atoms with Gasteiger partial charge in [0, 0.05) is 18.4 Å². The Morgan fingerprint density at radius 2 is 2.25 bits per heavy atom. The standard InChI is InChI=1S/C6H12BrN/c1-8-4-6(5-8)2-3-7/h6H,2-5H2,1H3. The first-order valence-corrected chi connectivity index (χ1v) is 4.19. The molecule has 1 rings (SSSR count). The lowest BCUT2D eigenvalue weighted by Gasteiger charge is -2.35. The van der Waals surface area contributed by atoms with Crippen LogP contribution in [0.2, 0.25) is 0 Å². The van der Waals surface area contributed by atoms with E-state index in [4.69, 9.17) is 0 Å². The molecule has 0 N–H and O–H groups in total. The van der Waals surface area contributed by atoms with Crippen LogP contribution in [-0.2, 0) is 0 Å². The number of alkyl halides is 1. The molecule has 1 saturated heterocycles. The Hall–Kier alpha value is 0.440. The summed E-state index contributed by atoms with van der Waals surface area (Å²) in [5.41, 5.74) is 0. The molecule has 1 aliphatic heterocycles. The van der Waals surface area contributed by atoms with Crippen LogP contribution in [0.15, 0.2) is 0 Å². The summed E-state index contributed by atoms with van der Waals surface area (Å²) >= 11 is 3.43. The minimum absolute atomic E-state index is 0.986. The third kappa shape index (κ3) is 1.46. The average Bonchev–Trinajstić information content (AvgIpc) is 1.64. The second-order valence-corrected chi connectivity index (χ2v) is 3.36. The summed E-state index contributed by atoms with van der Waals surface area (Å²) in [7, 11) is 2.17. The molecule has 2 heteroatoms. The Kier molecular flexibility index (Phi) is 2.32. The Bertz CT molecular complexity index is 66.2. The molecule has 1 aliphatic rings. The van der Waals surface area contributed by atoms with Crippen molar-refractivity contribution in [3.8, 4) is 0 Å². The normalized spacial score (nSPS) is 23.2. The van der Waals surface area contributed by atoms with Crippen molar-refractivity contribution in [2.45, 2.75) is 6.42 Å². The third-order valence-corrected chi connectivity index (χ3v) is 2.11. The van der Waals surface area contributed by atoms with Crippen molar-refractivity contribution in [3.63, 3.8) is 0 Å². The summed E-state index contributed by atoms with van der Waals surface area (Å²) in [6.45, 7) is 2.62. The Balaban J connectivity index is 1.98. The van der Waals surface area contributed by atoms with Crippen molar-refractivity contribution in [2.75, 3.05) is 25.5 Å². The van der Waals surface area contributed by atoms with Gasteiger partial charge in [0.15, 0.2) is 0 Å². The molecular formula is C6H12BrN. The fourth-order valence-corrected chi connectivity index (χ4v) is 1.81. The van der Waals surface area contributed by atoms with Crippen LogP contribution in [-0.4, -0.2) is 30.4 Å². The van der Waals surface area contributed by atoms with Gasteiger partial charge >= 0.3 is 0 Å². The summed E-state index contributed by atoms with van der Waals surface area (Å²) in [6.07, 6.45) is 1.35. The van der Waals surface area contributed by atoms with Crippen LogP contribution in [0.25, 0.3) is 0 Å². The molecule has 1 nitrogen and oxygen atoms in total. The van der Waals surface area contributed by atoms with Gasteiger partial charge in [0.2, 0.25) is 0 Å². The van der Waals surface area contributed by atoms with Crippen LogP contribution in [0, 0.1) is 5.92 Å². The Morgan fingerprint density at radius 1 is 1.62 bits per heavy atom. The van der Waals surface area contributed by atoms with Gasteiger partial charge in [-0.25, -0.2) is 0 Å². The van der Waals surface area contributed by atoms with Gasteiger partial charge in [-0.15, -0.1) is 0 Å². The molecule has 48 valence electrons. The quantitative estimate of drug-likeness (QED) is 0.576. The maximum Gasteiger partial charge on any atom is 0.00348 e. The lowest BCUT2D eigenvalue weighted by Crippen LogP contribution is -2.43. The minimum Gasteiger partial charge on any atom is -0.306 e. The smallest absolute Gasteiger partial charge is 0.00348 e. The van der Waals surface area contributed by atoms with Crippen LogP contribution in [0.3, 0.4) is 0 Å². The van der Waals surface area contributed by atoms with Crippen molar-refractivity contribution >= 4 is 15.9 Å². The van der Waals surface area contributed by atoms with Gasteiger partial charge in [-0.3, -0.25) is 0 Å². The van der Waals surface area contributed by atoms with E-state index in [0.717, 1.165) is 5.92 Å². The second kappa shape index (κ2) is 2.83. The maximum atomic E-state index is 3.43. The molecule has 0 bridgehead atoms. The minimum atomic E-state index is 0.986. The largest absolute Gasteiger partial charge is 0.306 e. The van der Waals surface area contributed by atoms with E-state index in [0.29, 0.717) is 0 Å². The highest BCUT2D eigenvalue weighted by atomic mass is 79.9. The molecule has 0 aromatic heterocycles. The number of likely N-dealkylation sites (tertiary alicyclic amines) is 1. The number of nitrogens with zero attached hydrogens (tertiary/aromatic N) is 1. The highest BCUT2D eigenvalue weighted by Gasteiger charge is 2.21. The third-order valence-electron chi connectivity index (χ3n) is 1.66. The molecule has 0 aliphatic carbocycles. The first kappa shape index (κ1) is 6.56. The zero-order valence-corrected chi connectivity index (χ0v) is 6.82. The Morgan fingerprint density at radius 3 is 2.62 bits per heavy atom. The fourth-order valence-electron chi connectivity index (χ4n) is 1.16. The van der Waals surface area contributed by atoms with Crippen molar-refractivity contribution in [1.29, 1.82) is 0 Å². The molecule has 0 saturated carbocycles. The topological polar surface area (TPSA) is 3.24 Å². The molecule has 0 unspecified atom stereocenters. The number of hydrogen-bond donors (Lipinski definition) is 0. The Labute approximate surface area is 59.2 Å². The van der Waals surface area contributed by atoms with Crippen molar-refractivity contribution in [3.05, 3.63) is 0 Å². The van der Waals surface area contributed by atoms with Crippen LogP contribution in [0.4, 0.5) is 0 Å². The van der Waals surface area contributed by atoms with Gasteiger partial charge in [-0.2, -0.15) is 0 Å². The molecule has 0 aromatic carbocycles. The second-order valence-electron chi connectivity index (χ2n) is 2.56. The van der Waals surface area contributed by atoms with E-state index in [1.165, 1.54) is 24.8 Å². The van der Waals surface area contributed by atoms with Gasteiger partial charge in [-0.05, 0) is 19.4 Å². The van der Waals surface area contributed by atoms with Crippen molar-refractivity contribution < 1.29 is 0 Å². The highest BCUT2D eigenvalue weighted by Crippen LogP contribution is 2.16. The van der Waals surface area contributed by atoms with Gasteiger partial charge in [0.05, 0.1) is 0 Å². The summed E-state index contributed by atoms with van der Waals surface area (Å²) in [6, 6.07) is 0. The highest BCUT2D eigenvalue weighted by molar-refractivity contribution is 9.09. The van der Waals surface area contributed by atoms with Crippen LogP contribution in [0.5, 0.6) is 0 Å². The van der Waals surface area contributed by atoms with Crippen molar-refractivity contribution in [2.24, 2.45) is 5.92 Å². The van der Waals surface area contributed by atoms with E-state index < -0.39 is 0 Å². The molecule has 0 aromatic rings. The lowest BCUT2D eigenvalue weighted by atomic mass is 9.99. The lowest BCUT2D eigenvalue weighted by molar-refractivity contribution is 0.132. The zero-order chi connectivity index (χ0) is 5.98. The summed E-state index contributed by atoms with van der Waals surface area (Å²) in [5.74, 6) is 0.986. The van der Waals surface area contributed by atoms with Gasteiger partial charge in [0.1, 0.15) is 0 Å². The number of rotatable bonds is 2. The predicted molar refractivity (Wildman–Crippen MR) is 39.4 cm³/mol. The van der Waals surface area contributed by atoms with Gasteiger partial charge in [-0.1, -0.05) is 15.9 Å². The fraction of sp³-hybridized carbons (Fsp3) is 1.00. The molecule has 0 spiro atoms. The van der Waals surface area contributed by atoms with E-state index in [9.17, 15) is 0 Å². The molecule has 0 radical (unpaired) electrons. The molecule has 8 heavy (non-hydrogen) atoms. The average molecular weight is 178 g/mol. The molecule has 1 heterocycles. The van der Waals surface area contributed by atoms with E-state index in [-0.39, 0.29) is 0 Å². The van der Waals surface area contributed by atoms with E-state index in [2.05, 4.69) is 27.9 Å². The van der Waals surface area contributed by atoms with Gasteiger partial charge < -0.3 is 4.90 Å². The first-order chi connectivity index (χ1) is 3.83. The van der Waals surface area contributed by atoms with Crippen LogP contribution in [0.1, 0.15) is 6.42 Å². The molecule has 0 amide bonds. The zero-order valence-electron chi connectivity index (χ0n) is 5.23. The summed E-state index contributed by atoms with van der Waals surface area (Å²) < 4.78 is 0. The monoisotopic (exact) mass is 177 g/mol. The first-order valence-electron chi connectivity index (χ1n) is 3.07. The molecule has 0 atom stereocenters. The number of hydrogen-bond acceptors (Lipinski definition) is 1. The molecular weight excluding hydrogens is 166 g/mol. The van der Waals surface area contributed by atoms with Gasteiger partial charge in [0.25, 0.3) is 0 Å². The maximum absolute atomic E-state index is 3.43. The SMILES string of the molecule is CN1CC(CCBr)C1. The number of halogens is 1. The van der Waals surface area contributed by atoms with E-state index in [1.807, 2.05) is 0 Å². The van der Waals surface area contributed by atoms with Crippen molar-refractivity contribution in [1.82, 2.24) is 4.90 Å². The summed E-state index contributed by atoms with van der Waals surface area (Å²) in [5, 5.41) is 1.17. The van der Waals surface area contributed by atoms with E-state index >= 15 is 0 Å². The predicted octanol–water partition coefficient (Wildman–Crippen LogP) is 1.33. The van der Waals surface area contributed by atoms with Crippen LogP contribution >= 0.6 is 15.9 Å².